The molecule has 0 bridgehead atoms. The Bertz CT molecular complexity index is 905. The van der Waals surface area contributed by atoms with Gasteiger partial charge in [-0.2, -0.15) is 0 Å². The molecule has 0 aromatic heterocycles. The number of carbonyl (C=O) groups excluding carboxylic acids is 2. The van der Waals surface area contributed by atoms with Crippen molar-refractivity contribution in [2.75, 3.05) is 26.2 Å². The Balaban J connectivity index is 2.07. The van der Waals surface area contributed by atoms with Crippen molar-refractivity contribution < 1.29 is 14.7 Å². The van der Waals surface area contributed by atoms with Crippen LogP contribution in [-0.2, 0) is 9.59 Å². The fourth-order valence-corrected chi connectivity index (χ4v) is 3.91. The second-order valence-corrected chi connectivity index (χ2v) is 7.85. The number of rotatable bonds is 7. The molecule has 1 fully saturated rings. The summed E-state index contributed by atoms with van der Waals surface area (Å²) in [5.41, 5.74) is 1.46. The Morgan fingerprint density at radius 2 is 1.66 bits per heavy atom. The zero-order chi connectivity index (χ0) is 21.0. The molecule has 0 saturated carbocycles. The quantitative estimate of drug-likeness (QED) is 0.385. The number of likely N-dealkylation sites (N-methyl/N-ethyl adjacent to an activating group) is 1. The molecule has 1 aliphatic rings. The smallest absolute Gasteiger partial charge is 0.295 e. The molecule has 0 aliphatic carbocycles. The SMILES string of the molecule is CCN(CC)CCN1C(=O)C(=O)C(=C(O)c2ccccc2)[C@@H]1c1ccc(Br)cc1. The zero-order valence-corrected chi connectivity index (χ0v) is 18.2. The van der Waals surface area contributed by atoms with Crippen LogP contribution < -0.4 is 0 Å². The molecule has 5 nitrogen and oxygen atoms in total. The molecular weight excluding hydrogens is 432 g/mol. The maximum absolute atomic E-state index is 12.9. The largest absolute Gasteiger partial charge is 0.507 e. The Morgan fingerprint density at radius 3 is 2.24 bits per heavy atom. The van der Waals surface area contributed by atoms with Crippen LogP contribution in [0.15, 0.2) is 64.6 Å². The maximum Gasteiger partial charge on any atom is 0.295 e. The fourth-order valence-electron chi connectivity index (χ4n) is 3.64. The van der Waals surface area contributed by atoms with E-state index in [1.165, 1.54) is 0 Å². The predicted octanol–water partition coefficient (Wildman–Crippen LogP) is 4.21. The molecule has 0 radical (unpaired) electrons. The van der Waals surface area contributed by atoms with Crippen LogP contribution in [0.1, 0.15) is 31.0 Å². The summed E-state index contributed by atoms with van der Waals surface area (Å²) >= 11 is 3.43. The van der Waals surface area contributed by atoms with Crippen LogP contribution in [0.2, 0.25) is 0 Å². The van der Waals surface area contributed by atoms with E-state index >= 15 is 0 Å². The number of ketones is 1. The first-order chi connectivity index (χ1) is 14.0. The minimum atomic E-state index is -0.640. The van der Waals surface area contributed by atoms with Crippen LogP contribution in [0, 0.1) is 0 Å². The Labute approximate surface area is 179 Å². The van der Waals surface area contributed by atoms with Gasteiger partial charge in [0.15, 0.2) is 0 Å². The number of hydrogen-bond donors (Lipinski definition) is 1. The molecule has 29 heavy (non-hydrogen) atoms. The van der Waals surface area contributed by atoms with Gasteiger partial charge in [-0.3, -0.25) is 9.59 Å². The van der Waals surface area contributed by atoms with E-state index in [1.54, 1.807) is 29.2 Å². The molecular formula is C23H25BrN2O3. The van der Waals surface area contributed by atoms with Crippen molar-refractivity contribution >= 4 is 33.4 Å². The topological polar surface area (TPSA) is 60.9 Å². The number of hydrogen-bond acceptors (Lipinski definition) is 4. The molecule has 1 amide bonds. The molecule has 1 N–H and O–H groups in total. The van der Waals surface area contributed by atoms with Crippen molar-refractivity contribution in [1.82, 2.24) is 9.80 Å². The minimum Gasteiger partial charge on any atom is -0.507 e. The van der Waals surface area contributed by atoms with Gasteiger partial charge in [-0.15, -0.1) is 0 Å². The van der Waals surface area contributed by atoms with Gasteiger partial charge in [-0.1, -0.05) is 72.2 Å². The summed E-state index contributed by atoms with van der Waals surface area (Å²) in [7, 11) is 0. The molecule has 1 heterocycles. The third-order valence-corrected chi connectivity index (χ3v) is 5.85. The van der Waals surface area contributed by atoms with Gasteiger partial charge in [-0.05, 0) is 30.8 Å². The lowest BCUT2D eigenvalue weighted by Crippen LogP contribution is -2.38. The minimum absolute atomic E-state index is 0.137. The van der Waals surface area contributed by atoms with Crippen LogP contribution in [0.3, 0.4) is 0 Å². The summed E-state index contributed by atoms with van der Waals surface area (Å²) in [4.78, 5) is 29.6. The number of carbonyl (C=O) groups is 2. The number of aliphatic hydroxyl groups excluding tert-OH is 1. The maximum atomic E-state index is 12.9. The summed E-state index contributed by atoms with van der Waals surface area (Å²) in [6.07, 6.45) is 0. The summed E-state index contributed by atoms with van der Waals surface area (Å²) in [5.74, 6) is -1.34. The average molecular weight is 457 g/mol. The van der Waals surface area contributed by atoms with Crippen LogP contribution in [0.25, 0.3) is 5.76 Å². The van der Waals surface area contributed by atoms with Crippen LogP contribution in [-0.4, -0.2) is 52.8 Å². The highest BCUT2D eigenvalue weighted by atomic mass is 79.9. The van der Waals surface area contributed by atoms with Gasteiger partial charge in [0.2, 0.25) is 0 Å². The average Bonchev–Trinajstić information content (AvgIpc) is 3.00. The van der Waals surface area contributed by atoms with Gasteiger partial charge in [0.25, 0.3) is 11.7 Å². The summed E-state index contributed by atoms with van der Waals surface area (Å²) in [6, 6.07) is 15.8. The highest BCUT2D eigenvalue weighted by Crippen LogP contribution is 2.39. The molecule has 1 saturated heterocycles. The lowest BCUT2D eigenvalue weighted by molar-refractivity contribution is -0.140. The van der Waals surface area contributed by atoms with E-state index in [1.807, 2.05) is 30.3 Å². The monoisotopic (exact) mass is 456 g/mol. The number of Topliss-reactive ketones (excluding diaryl/α,β-unsaturated/α-hetero) is 1. The van der Waals surface area contributed by atoms with E-state index in [-0.39, 0.29) is 11.3 Å². The standard InChI is InChI=1S/C23H25BrN2O3/c1-3-25(4-2)14-15-26-20(16-10-12-18(24)13-11-16)19(22(28)23(26)29)21(27)17-8-6-5-7-9-17/h5-13,20,27H,3-4,14-15H2,1-2H3/t20-/m0/s1. The van der Waals surface area contributed by atoms with Crippen molar-refractivity contribution in [3.05, 3.63) is 75.8 Å². The Kier molecular flexibility index (Phi) is 6.87. The number of aliphatic hydroxyl groups is 1. The third kappa shape index (κ3) is 4.43. The summed E-state index contributed by atoms with van der Waals surface area (Å²) in [6.45, 7) is 6.95. The number of nitrogens with zero attached hydrogens (tertiary/aromatic N) is 2. The Hall–Kier alpha value is -2.44. The molecule has 0 spiro atoms. The van der Waals surface area contributed by atoms with Crippen LogP contribution >= 0.6 is 15.9 Å². The first kappa shape index (κ1) is 21.3. The first-order valence-electron chi connectivity index (χ1n) is 9.79. The van der Waals surface area contributed by atoms with Gasteiger partial charge in [0.1, 0.15) is 5.76 Å². The number of likely N-dealkylation sites (tertiary alicyclic amines) is 1. The van der Waals surface area contributed by atoms with E-state index in [9.17, 15) is 14.7 Å². The van der Waals surface area contributed by atoms with Gasteiger partial charge in [-0.25, -0.2) is 0 Å². The van der Waals surface area contributed by atoms with Gasteiger partial charge < -0.3 is 14.9 Å². The molecule has 6 heteroatoms. The number of amides is 1. The van der Waals surface area contributed by atoms with Gasteiger partial charge in [0.05, 0.1) is 11.6 Å². The van der Waals surface area contributed by atoms with Gasteiger partial charge in [0, 0.05) is 23.1 Å². The molecule has 2 aromatic rings. The summed E-state index contributed by atoms with van der Waals surface area (Å²) < 4.78 is 0.907. The number of benzene rings is 2. The molecule has 0 unspecified atom stereocenters. The van der Waals surface area contributed by atoms with Crippen molar-refractivity contribution in [2.45, 2.75) is 19.9 Å². The van der Waals surface area contributed by atoms with E-state index in [0.717, 1.165) is 23.1 Å². The fraction of sp³-hybridized carbons (Fsp3) is 0.304. The Morgan fingerprint density at radius 1 is 1.03 bits per heavy atom. The lowest BCUT2D eigenvalue weighted by atomic mass is 9.95. The van der Waals surface area contributed by atoms with Crippen molar-refractivity contribution in [3.8, 4) is 0 Å². The van der Waals surface area contributed by atoms with Crippen LogP contribution in [0.5, 0.6) is 0 Å². The second-order valence-electron chi connectivity index (χ2n) is 6.94. The van der Waals surface area contributed by atoms with Crippen molar-refractivity contribution in [1.29, 1.82) is 0 Å². The van der Waals surface area contributed by atoms with Crippen molar-refractivity contribution in [3.63, 3.8) is 0 Å². The highest BCUT2D eigenvalue weighted by molar-refractivity contribution is 9.10. The lowest BCUT2D eigenvalue weighted by Gasteiger charge is -2.28. The third-order valence-electron chi connectivity index (χ3n) is 5.32. The van der Waals surface area contributed by atoms with Crippen molar-refractivity contribution in [2.24, 2.45) is 0 Å². The molecule has 2 aromatic carbocycles. The highest BCUT2D eigenvalue weighted by Gasteiger charge is 2.45. The molecule has 1 atom stereocenters. The van der Waals surface area contributed by atoms with Gasteiger partial charge >= 0.3 is 0 Å². The van der Waals surface area contributed by atoms with E-state index in [0.29, 0.717) is 18.7 Å². The predicted molar refractivity (Wildman–Crippen MR) is 117 cm³/mol. The number of halogens is 1. The summed E-state index contributed by atoms with van der Waals surface area (Å²) in [5, 5.41) is 10.9. The normalized spacial score (nSPS) is 18.6. The molecule has 1 aliphatic heterocycles. The first-order valence-corrected chi connectivity index (χ1v) is 10.6. The van der Waals surface area contributed by atoms with Crippen LogP contribution in [0.4, 0.5) is 0 Å². The van der Waals surface area contributed by atoms with E-state index in [2.05, 4.69) is 34.7 Å². The zero-order valence-electron chi connectivity index (χ0n) is 16.6. The second kappa shape index (κ2) is 9.37. The van der Waals surface area contributed by atoms with E-state index in [4.69, 9.17) is 0 Å². The van der Waals surface area contributed by atoms with E-state index < -0.39 is 17.7 Å². The molecule has 3 rings (SSSR count). The molecule has 152 valence electrons.